The average Bonchev–Trinajstić information content (AvgIpc) is 3.21. The van der Waals surface area contributed by atoms with Crippen molar-refractivity contribution in [1.29, 1.82) is 0 Å². The van der Waals surface area contributed by atoms with Crippen LogP contribution in [0.3, 0.4) is 0 Å². The van der Waals surface area contributed by atoms with Gasteiger partial charge in [-0.2, -0.15) is 0 Å². The Morgan fingerprint density at radius 2 is 1.74 bits per heavy atom. The summed E-state index contributed by atoms with van der Waals surface area (Å²) in [5, 5.41) is 5.86. The molecule has 1 atom stereocenters. The molecule has 1 amide bonds. The lowest BCUT2D eigenvalue weighted by atomic mass is 10.1. The Morgan fingerprint density at radius 3 is 2.48 bits per heavy atom. The van der Waals surface area contributed by atoms with Crippen LogP contribution in [0, 0.1) is 0 Å². The lowest BCUT2D eigenvalue weighted by Gasteiger charge is -2.15. The Morgan fingerprint density at radius 1 is 1.00 bits per heavy atom. The Hall–Kier alpha value is -3.54. The van der Waals surface area contributed by atoms with Crippen molar-refractivity contribution in [3.05, 3.63) is 84.3 Å². The molecule has 0 saturated carbocycles. The van der Waals surface area contributed by atoms with Crippen LogP contribution >= 0.6 is 0 Å². The smallest absolute Gasteiger partial charge is 0.341 e. The van der Waals surface area contributed by atoms with Gasteiger partial charge in [0.25, 0.3) is 5.91 Å². The molecule has 0 aliphatic rings. The number of esters is 1. The summed E-state index contributed by atoms with van der Waals surface area (Å²) in [6, 6.07) is 19.6. The summed E-state index contributed by atoms with van der Waals surface area (Å²) in [6.45, 7) is 1.97. The number of ether oxygens (including phenoxy) is 1. The molecule has 2 N–H and O–H groups in total. The molecule has 27 heavy (non-hydrogen) atoms. The number of nitrogens with one attached hydrogen (secondary N) is 2. The fourth-order valence-corrected chi connectivity index (χ4v) is 2.45. The van der Waals surface area contributed by atoms with Gasteiger partial charge in [0.2, 0.25) is 0 Å². The van der Waals surface area contributed by atoms with E-state index in [-0.39, 0.29) is 0 Å². The highest BCUT2D eigenvalue weighted by atomic mass is 16.5. The number of carbonyl (C=O) groups excluding carboxylic acids is 2. The molecule has 1 unspecified atom stereocenters. The van der Waals surface area contributed by atoms with Crippen molar-refractivity contribution in [2.75, 3.05) is 10.6 Å². The topological polar surface area (TPSA) is 80.6 Å². The molecule has 0 bridgehead atoms. The molecule has 0 fully saturated rings. The first-order valence-corrected chi connectivity index (χ1v) is 8.55. The highest BCUT2D eigenvalue weighted by molar-refractivity contribution is 5.99. The van der Waals surface area contributed by atoms with Crippen LogP contribution in [0.4, 0.5) is 11.4 Å². The van der Waals surface area contributed by atoms with E-state index in [2.05, 4.69) is 10.6 Å². The average molecular weight is 364 g/mol. The fraction of sp³-hybridized carbons (Fsp3) is 0.143. The third kappa shape index (κ3) is 4.98. The maximum atomic E-state index is 12.5. The Labute approximate surface area is 157 Å². The second-order valence-corrected chi connectivity index (χ2v) is 5.88. The Balaban J connectivity index is 1.62. The van der Waals surface area contributed by atoms with Gasteiger partial charge in [-0.1, -0.05) is 30.3 Å². The van der Waals surface area contributed by atoms with Crippen molar-refractivity contribution in [2.45, 2.75) is 19.6 Å². The number of furan rings is 1. The van der Waals surface area contributed by atoms with Crippen molar-refractivity contribution in [3.8, 4) is 0 Å². The van der Waals surface area contributed by atoms with E-state index < -0.39 is 18.0 Å². The molecule has 138 valence electrons. The first-order valence-electron chi connectivity index (χ1n) is 8.55. The van der Waals surface area contributed by atoms with Crippen LogP contribution in [0.5, 0.6) is 0 Å². The van der Waals surface area contributed by atoms with Crippen LogP contribution < -0.4 is 10.6 Å². The fourth-order valence-electron chi connectivity index (χ4n) is 2.45. The third-order valence-electron chi connectivity index (χ3n) is 3.87. The van der Waals surface area contributed by atoms with Gasteiger partial charge < -0.3 is 19.8 Å². The van der Waals surface area contributed by atoms with Crippen LogP contribution in [-0.2, 0) is 16.1 Å². The standard InChI is InChI=1S/C21H20N2O4/c1-15(20(24)23-16-8-3-2-4-9-16)27-21(25)18-11-5-6-12-19(18)22-14-17-10-7-13-26-17/h2-13,15,22H,14H2,1H3,(H,23,24). The third-order valence-corrected chi connectivity index (χ3v) is 3.87. The summed E-state index contributed by atoms with van der Waals surface area (Å²) in [7, 11) is 0. The number of para-hydroxylation sites is 2. The molecule has 0 aliphatic heterocycles. The van der Waals surface area contributed by atoms with Crippen LogP contribution in [-0.4, -0.2) is 18.0 Å². The zero-order chi connectivity index (χ0) is 19.1. The summed E-state index contributed by atoms with van der Waals surface area (Å²) in [4.78, 5) is 24.8. The van der Waals surface area contributed by atoms with Gasteiger partial charge in [-0.25, -0.2) is 4.79 Å². The molecule has 3 rings (SSSR count). The number of amides is 1. The Kier molecular flexibility index (Phi) is 5.89. The van der Waals surface area contributed by atoms with Crippen LogP contribution in [0.2, 0.25) is 0 Å². The molecular formula is C21H20N2O4. The number of hydrogen-bond acceptors (Lipinski definition) is 5. The van der Waals surface area contributed by atoms with Gasteiger partial charge >= 0.3 is 5.97 Å². The van der Waals surface area contributed by atoms with Crippen molar-refractivity contribution in [2.24, 2.45) is 0 Å². The molecule has 0 spiro atoms. The SMILES string of the molecule is CC(OC(=O)c1ccccc1NCc1ccco1)C(=O)Nc1ccccc1. The van der Waals surface area contributed by atoms with E-state index in [0.717, 1.165) is 5.76 Å². The number of rotatable bonds is 7. The van der Waals surface area contributed by atoms with E-state index in [1.165, 1.54) is 6.92 Å². The van der Waals surface area contributed by atoms with Crippen molar-refractivity contribution in [3.63, 3.8) is 0 Å². The quantitative estimate of drug-likeness (QED) is 0.618. The number of benzene rings is 2. The zero-order valence-electron chi connectivity index (χ0n) is 14.8. The largest absolute Gasteiger partial charge is 0.467 e. The number of anilines is 2. The van der Waals surface area contributed by atoms with E-state index in [1.807, 2.05) is 30.3 Å². The minimum absolute atomic E-state index is 0.350. The van der Waals surface area contributed by atoms with Gasteiger partial charge in [-0.15, -0.1) is 0 Å². The molecule has 1 heterocycles. The lowest BCUT2D eigenvalue weighted by Crippen LogP contribution is -2.30. The predicted molar refractivity (Wildman–Crippen MR) is 102 cm³/mol. The molecule has 2 aromatic carbocycles. The van der Waals surface area contributed by atoms with E-state index >= 15 is 0 Å². The van der Waals surface area contributed by atoms with E-state index in [9.17, 15) is 9.59 Å². The summed E-state index contributed by atoms with van der Waals surface area (Å²) in [5.41, 5.74) is 1.60. The second-order valence-electron chi connectivity index (χ2n) is 5.88. The molecule has 0 aliphatic carbocycles. The maximum Gasteiger partial charge on any atom is 0.341 e. The second kappa shape index (κ2) is 8.71. The van der Waals surface area contributed by atoms with E-state index in [4.69, 9.17) is 9.15 Å². The summed E-state index contributed by atoms with van der Waals surface area (Å²) >= 11 is 0. The van der Waals surface area contributed by atoms with Gasteiger partial charge in [0.15, 0.2) is 6.10 Å². The van der Waals surface area contributed by atoms with Gasteiger partial charge in [0.05, 0.1) is 18.4 Å². The first-order chi connectivity index (χ1) is 13.1. The molecule has 0 radical (unpaired) electrons. The van der Waals surface area contributed by atoms with Crippen LogP contribution in [0.1, 0.15) is 23.0 Å². The van der Waals surface area contributed by atoms with Crippen molar-refractivity contribution < 1.29 is 18.7 Å². The summed E-state index contributed by atoms with van der Waals surface area (Å²) in [6.07, 6.45) is 0.653. The zero-order valence-corrected chi connectivity index (χ0v) is 14.8. The van der Waals surface area contributed by atoms with E-state index in [1.54, 1.807) is 42.7 Å². The molecule has 6 nitrogen and oxygen atoms in total. The normalized spacial score (nSPS) is 11.4. The monoisotopic (exact) mass is 364 g/mol. The molecule has 3 aromatic rings. The van der Waals surface area contributed by atoms with Gasteiger partial charge in [-0.3, -0.25) is 4.79 Å². The van der Waals surface area contributed by atoms with Gasteiger partial charge in [0, 0.05) is 11.4 Å². The van der Waals surface area contributed by atoms with Gasteiger partial charge in [0.1, 0.15) is 5.76 Å². The van der Waals surface area contributed by atoms with Crippen molar-refractivity contribution in [1.82, 2.24) is 0 Å². The summed E-state index contributed by atoms with van der Waals surface area (Å²) in [5.74, 6) is -0.224. The lowest BCUT2D eigenvalue weighted by molar-refractivity contribution is -0.123. The van der Waals surface area contributed by atoms with Crippen LogP contribution in [0.15, 0.2) is 77.4 Å². The number of hydrogen-bond donors (Lipinski definition) is 2. The molecule has 1 aromatic heterocycles. The predicted octanol–water partition coefficient (Wildman–Crippen LogP) is 4.08. The van der Waals surface area contributed by atoms with Gasteiger partial charge in [-0.05, 0) is 43.3 Å². The first kappa shape index (κ1) is 18.3. The van der Waals surface area contributed by atoms with Crippen LogP contribution in [0.25, 0.3) is 0 Å². The highest BCUT2D eigenvalue weighted by Crippen LogP contribution is 2.18. The molecule has 0 saturated heterocycles. The summed E-state index contributed by atoms with van der Waals surface area (Å²) < 4.78 is 10.6. The minimum atomic E-state index is -0.934. The molecule has 6 heteroatoms. The number of carbonyl (C=O) groups is 2. The molecular weight excluding hydrogens is 344 g/mol. The van der Waals surface area contributed by atoms with Crippen molar-refractivity contribution >= 4 is 23.3 Å². The van der Waals surface area contributed by atoms with E-state index in [0.29, 0.717) is 23.5 Å². The Bertz CT molecular complexity index is 892. The maximum absolute atomic E-state index is 12.5. The highest BCUT2D eigenvalue weighted by Gasteiger charge is 2.21. The minimum Gasteiger partial charge on any atom is -0.467 e.